The van der Waals surface area contributed by atoms with Crippen LogP contribution in [0.1, 0.15) is 46.0 Å². The zero-order chi connectivity index (χ0) is 13.0. The summed E-state index contributed by atoms with van der Waals surface area (Å²) in [6.07, 6.45) is 8.64. The zero-order valence-electron chi connectivity index (χ0n) is 11.6. The van der Waals surface area contributed by atoms with Gasteiger partial charge in [-0.15, -0.1) is 0 Å². The number of nitrogens with zero attached hydrogens (tertiary/aromatic N) is 1. The monoisotopic (exact) mass is 247 g/mol. The highest BCUT2D eigenvalue weighted by atomic mass is 14.9. The van der Waals surface area contributed by atoms with E-state index in [1.807, 2.05) is 18.3 Å². The van der Waals surface area contributed by atoms with Crippen LogP contribution in [-0.4, -0.2) is 11.5 Å². The number of pyridine rings is 1. The number of anilines is 2. The molecule has 3 N–H and O–H groups in total. The molecular weight excluding hydrogens is 222 g/mol. The van der Waals surface area contributed by atoms with E-state index in [1.54, 1.807) is 0 Å². The van der Waals surface area contributed by atoms with Gasteiger partial charge in [0.2, 0.25) is 0 Å². The molecule has 1 aromatic rings. The van der Waals surface area contributed by atoms with Crippen LogP contribution in [0, 0.1) is 11.3 Å². The van der Waals surface area contributed by atoms with Crippen molar-refractivity contribution in [2.45, 2.75) is 46.0 Å². The first-order valence-electron chi connectivity index (χ1n) is 7.05. The third-order valence-electron chi connectivity index (χ3n) is 3.96. The Morgan fingerprint density at radius 3 is 2.61 bits per heavy atom. The van der Waals surface area contributed by atoms with Gasteiger partial charge in [0, 0.05) is 6.54 Å². The van der Waals surface area contributed by atoms with Crippen molar-refractivity contribution in [1.82, 2.24) is 4.98 Å². The molecule has 0 amide bonds. The van der Waals surface area contributed by atoms with Crippen molar-refractivity contribution in [3.63, 3.8) is 0 Å². The Bertz CT molecular complexity index is 364. The molecule has 1 heterocycles. The summed E-state index contributed by atoms with van der Waals surface area (Å²) < 4.78 is 0. The molecule has 0 aliphatic heterocycles. The van der Waals surface area contributed by atoms with Crippen LogP contribution in [0.5, 0.6) is 0 Å². The molecule has 0 spiro atoms. The molecule has 100 valence electrons. The van der Waals surface area contributed by atoms with Crippen LogP contribution in [0.25, 0.3) is 0 Å². The Kier molecular flexibility index (Phi) is 4.10. The Hall–Kier alpha value is -1.25. The Labute approximate surface area is 110 Å². The summed E-state index contributed by atoms with van der Waals surface area (Å²) in [5.74, 6) is 1.35. The lowest BCUT2D eigenvalue weighted by Gasteiger charge is -2.31. The maximum Gasteiger partial charge on any atom is 0.123 e. The quantitative estimate of drug-likeness (QED) is 0.834. The van der Waals surface area contributed by atoms with Gasteiger partial charge in [-0.3, -0.25) is 0 Å². The van der Waals surface area contributed by atoms with Gasteiger partial charge in [-0.1, -0.05) is 26.7 Å². The van der Waals surface area contributed by atoms with Crippen LogP contribution in [-0.2, 0) is 0 Å². The molecule has 0 bridgehead atoms. The number of rotatable bonds is 5. The van der Waals surface area contributed by atoms with Crippen molar-refractivity contribution in [2.24, 2.45) is 11.3 Å². The topological polar surface area (TPSA) is 50.9 Å². The van der Waals surface area contributed by atoms with E-state index in [-0.39, 0.29) is 0 Å². The molecule has 0 saturated heterocycles. The van der Waals surface area contributed by atoms with Crippen LogP contribution in [0.15, 0.2) is 18.3 Å². The third kappa shape index (κ3) is 3.37. The molecule has 1 aromatic heterocycles. The highest BCUT2D eigenvalue weighted by Crippen LogP contribution is 2.43. The maximum atomic E-state index is 5.60. The third-order valence-corrected chi connectivity index (χ3v) is 3.96. The summed E-state index contributed by atoms with van der Waals surface area (Å²) in [5.41, 5.74) is 7.18. The molecule has 2 rings (SSSR count). The summed E-state index contributed by atoms with van der Waals surface area (Å²) in [7, 11) is 0. The lowest BCUT2D eigenvalue weighted by Crippen LogP contribution is -2.28. The number of aromatic nitrogens is 1. The first-order valence-corrected chi connectivity index (χ1v) is 7.05. The molecular formula is C15H25N3. The van der Waals surface area contributed by atoms with Gasteiger partial charge in [0.15, 0.2) is 0 Å². The van der Waals surface area contributed by atoms with Crippen LogP contribution in [0.4, 0.5) is 11.5 Å². The molecule has 1 saturated carbocycles. The standard InChI is InChI=1S/C15H25N3/c1-12(2)9-15(7-3-4-8-15)11-18-13-5-6-14(16)17-10-13/h5-6,10,12,18H,3-4,7-9,11H2,1-2H3,(H2,16,17). The van der Waals surface area contributed by atoms with Crippen molar-refractivity contribution >= 4 is 11.5 Å². The molecule has 1 fully saturated rings. The fraction of sp³-hybridized carbons (Fsp3) is 0.667. The largest absolute Gasteiger partial charge is 0.384 e. The van der Waals surface area contributed by atoms with Crippen LogP contribution in [0.2, 0.25) is 0 Å². The van der Waals surface area contributed by atoms with Crippen LogP contribution in [0.3, 0.4) is 0 Å². The van der Waals surface area contributed by atoms with E-state index in [0.29, 0.717) is 11.2 Å². The van der Waals surface area contributed by atoms with Crippen LogP contribution < -0.4 is 11.1 Å². The highest BCUT2D eigenvalue weighted by Gasteiger charge is 2.34. The number of nitrogens with one attached hydrogen (secondary N) is 1. The summed E-state index contributed by atoms with van der Waals surface area (Å²) in [4.78, 5) is 4.12. The smallest absolute Gasteiger partial charge is 0.123 e. The minimum Gasteiger partial charge on any atom is -0.384 e. The van der Waals surface area contributed by atoms with Gasteiger partial charge in [0.1, 0.15) is 5.82 Å². The van der Waals surface area contributed by atoms with Crippen molar-refractivity contribution < 1.29 is 0 Å². The number of hydrogen-bond donors (Lipinski definition) is 2. The second kappa shape index (κ2) is 5.59. The van der Waals surface area contributed by atoms with E-state index < -0.39 is 0 Å². The lowest BCUT2D eigenvalue weighted by molar-refractivity contribution is 0.252. The summed E-state index contributed by atoms with van der Waals surface area (Å²) in [6, 6.07) is 3.87. The van der Waals surface area contributed by atoms with Crippen molar-refractivity contribution in [2.75, 3.05) is 17.6 Å². The van der Waals surface area contributed by atoms with Crippen molar-refractivity contribution in [3.05, 3.63) is 18.3 Å². The van der Waals surface area contributed by atoms with Gasteiger partial charge in [-0.05, 0) is 42.7 Å². The van der Waals surface area contributed by atoms with Gasteiger partial charge in [0.05, 0.1) is 11.9 Å². The van der Waals surface area contributed by atoms with Crippen molar-refractivity contribution in [1.29, 1.82) is 0 Å². The second-order valence-corrected chi connectivity index (χ2v) is 6.13. The molecule has 0 atom stereocenters. The highest BCUT2D eigenvalue weighted by molar-refractivity contribution is 5.45. The average Bonchev–Trinajstić information content (AvgIpc) is 2.76. The predicted molar refractivity (Wildman–Crippen MR) is 77.5 cm³/mol. The fourth-order valence-corrected chi connectivity index (χ4v) is 3.24. The average molecular weight is 247 g/mol. The summed E-state index contributed by atoms with van der Waals surface area (Å²) in [6.45, 7) is 5.71. The predicted octanol–water partition coefficient (Wildman–Crippen LogP) is 3.68. The minimum atomic E-state index is 0.496. The van der Waals surface area contributed by atoms with E-state index in [2.05, 4.69) is 24.1 Å². The molecule has 0 aromatic carbocycles. The normalized spacial score (nSPS) is 18.2. The Morgan fingerprint density at radius 1 is 1.33 bits per heavy atom. The van der Waals surface area contributed by atoms with Crippen LogP contribution >= 0.6 is 0 Å². The molecule has 0 unspecified atom stereocenters. The Morgan fingerprint density at radius 2 is 2.06 bits per heavy atom. The molecule has 0 radical (unpaired) electrons. The second-order valence-electron chi connectivity index (χ2n) is 6.13. The molecule has 1 aliphatic carbocycles. The Balaban J connectivity index is 1.95. The summed E-state index contributed by atoms with van der Waals surface area (Å²) in [5, 5.41) is 3.54. The van der Waals surface area contributed by atoms with Gasteiger partial charge in [-0.2, -0.15) is 0 Å². The van der Waals surface area contributed by atoms with E-state index in [0.717, 1.165) is 18.2 Å². The molecule has 18 heavy (non-hydrogen) atoms. The lowest BCUT2D eigenvalue weighted by atomic mass is 9.78. The number of hydrogen-bond acceptors (Lipinski definition) is 3. The number of nitrogen functional groups attached to an aromatic ring is 1. The van der Waals surface area contributed by atoms with Gasteiger partial charge >= 0.3 is 0 Å². The number of nitrogens with two attached hydrogens (primary N) is 1. The van der Waals surface area contributed by atoms with Gasteiger partial charge < -0.3 is 11.1 Å². The van der Waals surface area contributed by atoms with Crippen molar-refractivity contribution in [3.8, 4) is 0 Å². The maximum absolute atomic E-state index is 5.60. The zero-order valence-corrected chi connectivity index (χ0v) is 11.6. The summed E-state index contributed by atoms with van der Waals surface area (Å²) >= 11 is 0. The van der Waals surface area contributed by atoms with E-state index >= 15 is 0 Å². The first-order chi connectivity index (χ1) is 8.60. The molecule has 1 aliphatic rings. The minimum absolute atomic E-state index is 0.496. The SMILES string of the molecule is CC(C)CC1(CNc2ccc(N)nc2)CCCC1. The van der Waals surface area contributed by atoms with Gasteiger partial charge in [0.25, 0.3) is 0 Å². The van der Waals surface area contributed by atoms with Gasteiger partial charge in [-0.25, -0.2) is 4.98 Å². The van der Waals surface area contributed by atoms with E-state index in [4.69, 9.17) is 5.73 Å². The van der Waals surface area contributed by atoms with E-state index in [9.17, 15) is 0 Å². The van der Waals surface area contributed by atoms with E-state index in [1.165, 1.54) is 32.1 Å². The first kappa shape index (κ1) is 13.2. The fourth-order valence-electron chi connectivity index (χ4n) is 3.24. The molecule has 3 nitrogen and oxygen atoms in total. The molecule has 3 heteroatoms.